The lowest BCUT2D eigenvalue weighted by atomic mass is 10.0. The first-order valence-electron chi connectivity index (χ1n) is 14.0. The number of hydrogen-bond donors (Lipinski definition) is 4. The van der Waals surface area contributed by atoms with Crippen LogP contribution in [0.25, 0.3) is 0 Å². The van der Waals surface area contributed by atoms with Gasteiger partial charge in [0.25, 0.3) is 0 Å². The fourth-order valence-electron chi connectivity index (χ4n) is 4.20. The fraction of sp³-hybridized carbons (Fsp3) is 0.548. The quantitative estimate of drug-likeness (QED) is 0.135. The van der Waals surface area contributed by atoms with E-state index in [4.69, 9.17) is 4.74 Å². The molecule has 210 valence electrons. The van der Waals surface area contributed by atoms with Gasteiger partial charge >= 0.3 is 0 Å². The molecule has 3 atom stereocenters. The highest BCUT2D eigenvalue weighted by Gasteiger charge is 2.10. The Labute approximate surface area is 228 Å². The molecule has 4 N–H and O–H groups in total. The number of hydrogen-bond acceptors (Lipinski definition) is 7. The van der Waals surface area contributed by atoms with Crippen molar-refractivity contribution in [3.63, 3.8) is 0 Å². The van der Waals surface area contributed by atoms with Crippen molar-refractivity contribution < 1.29 is 24.5 Å². The SMILES string of the molecule is CC(CCCCCC(O)CNCC(=O)c1ccccc1)COCCCC(O)CNCC(=O)c1ccccc1. The number of ether oxygens (including phenoxy) is 1. The van der Waals surface area contributed by atoms with Crippen molar-refractivity contribution in [2.45, 2.75) is 64.1 Å². The van der Waals surface area contributed by atoms with Crippen molar-refractivity contribution in [1.29, 1.82) is 0 Å². The van der Waals surface area contributed by atoms with E-state index in [1.807, 2.05) is 36.4 Å². The van der Waals surface area contributed by atoms with E-state index in [1.54, 1.807) is 24.3 Å². The Morgan fingerprint density at radius 2 is 1.18 bits per heavy atom. The standard InChI is InChI=1S/C31H46N2O5/c1-25(12-5-2-10-17-28(34)20-32-22-30(36)26-13-6-3-7-14-26)24-38-19-11-18-29(35)21-33-23-31(37)27-15-8-4-9-16-27/h3-4,6-9,13-16,25,28-29,32-35H,2,5,10-12,17-24H2,1H3. The molecule has 2 aromatic carbocycles. The summed E-state index contributed by atoms with van der Waals surface area (Å²) in [6.07, 6.45) is 5.44. The summed E-state index contributed by atoms with van der Waals surface area (Å²) in [7, 11) is 0. The fourth-order valence-corrected chi connectivity index (χ4v) is 4.20. The predicted molar refractivity (Wildman–Crippen MR) is 152 cm³/mol. The van der Waals surface area contributed by atoms with Gasteiger partial charge in [-0.3, -0.25) is 9.59 Å². The molecule has 7 heteroatoms. The largest absolute Gasteiger partial charge is 0.392 e. The van der Waals surface area contributed by atoms with Gasteiger partial charge in [0, 0.05) is 37.4 Å². The highest BCUT2D eigenvalue weighted by atomic mass is 16.5. The molecule has 0 saturated heterocycles. The highest BCUT2D eigenvalue weighted by Crippen LogP contribution is 2.12. The summed E-state index contributed by atoms with van der Waals surface area (Å²) in [5, 5.41) is 26.3. The molecule has 0 saturated carbocycles. The van der Waals surface area contributed by atoms with Gasteiger partial charge in [0.1, 0.15) is 0 Å². The number of aliphatic hydroxyl groups excluding tert-OH is 2. The minimum atomic E-state index is -0.491. The normalized spacial score (nSPS) is 13.7. The second-order valence-corrected chi connectivity index (χ2v) is 10.1. The lowest BCUT2D eigenvalue weighted by Gasteiger charge is -2.14. The average molecular weight is 527 g/mol. The Hall–Kier alpha value is -2.42. The van der Waals surface area contributed by atoms with Crippen molar-refractivity contribution in [3.8, 4) is 0 Å². The van der Waals surface area contributed by atoms with Crippen LogP contribution < -0.4 is 10.6 Å². The van der Waals surface area contributed by atoms with Gasteiger partial charge < -0.3 is 25.6 Å². The second-order valence-electron chi connectivity index (χ2n) is 10.1. The third-order valence-electron chi connectivity index (χ3n) is 6.49. The van der Waals surface area contributed by atoms with E-state index < -0.39 is 12.2 Å². The summed E-state index contributed by atoms with van der Waals surface area (Å²) in [4.78, 5) is 24.1. The molecule has 0 spiro atoms. The van der Waals surface area contributed by atoms with Gasteiger partial charge in [-0.1, -0.05) is 86.8 Å². The summed E-state index contributed by atoms with van der Waals surface area (Å²) in [6, 6.07) is 18.3. The van der Waals surface area contributed by atoms with Gasteiger partial charge in [-0.25, -0.2) is 0 Å². The van der Waals surface area contributed by atoms with E-state index in [1.165, 1.54) is 0 Å². The van der Waals surface area contributed by atoms with Crippen LogP contribution in [0.1, 0.15) is 72.6 Å². The smallest absolute Gasteiger partial charge is 0.176 e. The van der Waals surface area contributed by atoms with Gasteiger partial charge in [0.2, 0.25) is 0 Å². The third-order valence-corrected chi connectivity index (χ3v) is 6.49. The van der Waals surface area contributed by atoms with Crippen LogP contribution in [0.15, 0.2) is 60.7 Å². The molecule has 0 aromatic heterocycles. The molecule has 0 bridgehead atoms. The van der Waals surface area contributed by atoms with E-state index in [9.17, 15) is 19.8 Å². The van der Waals surface area contributed by atoms with Crippen molar-refractivity contribution >= 4 is 11.6 Å². The summed E-state index contributed by atoms with van der Waals surface area (Å²) >= 11 is 0. The van der Waals surface area contributed by atoms with Crippen LogP contribution in [-0.2, 0) is 4.74 Å². The van der Waals surface area contributed by atoms with E-state index in [0.717, 1.165) is 38.5 Å². The molecule has 0 amide bonds. The molecule has 2 rings (SSSR count). The second kappa shape index (κ2) is 19.6. The Balaban J connectivity index is 1.37. The Morgan fingerprint density at radius 3 is 1.71 bits per heavy atom. The topological polar surface area (TPSA) is 108 Å². The molecule has 0 fully saturated rings. The molecule has 38 heavy (non-hydrogen) atoms. The Kier molecular flexibility index (Phi) is 16.4. The molecule has 3 unspecified atom stereocenters. The molecule has 2 aromatic rings. The van der Waals surface area contributed by atoms with E-state index in [-0.39, 0.29) is 24.7 Å². The summed E-state index contributed by atoms with van der Waals surface area (Å²) in [5.74, 6) is 0.533. The number of nitrogens with one attached hydrogen (secondary N) is 2. The number of aliphatic hydroxyl groups is 2. The lowest BCUT2D eigenvalue weighted by Crippen LogP contribution is -2.31. The zero-order valence-corrected chi connectivity index (χ0v) is 22.8. The number of carbonyl (C=O) groups excluding carboxylic acids is 2. The summed E-state index contributed by atoms with van der Waals surface area (Å²) in [6.45, 7) is 4.80. The summed E-state index contributed by atoms with van der Waals surface area (Å²) in [5.41, 5.74) is 1.36. The van der Waals surface area contributed by atoms with Gasteiger partial charge in [-0.2, -0.15) is 0 Å². The van der Waals surface area contributed by atoms with Crippen molar-refractivity contribution in [3.05, 3.63) is 71.8 Å². The van der Waals surface area contributed by atoms with Crippen molar-refractivity contribution in [1.82, 2.24) is 10.6 Å². The maximum Gasteiger partial charge on any atom is 0.176 e. The predicted octanol–water partition coefficient (Wildman–Crippen LogP) is 4.04. The first-order valence-corrected chi connectivity index (χ1v) is 14.0. The number of ketones is 2. The molecular weight excluding hydrogens is 480 g/mol. The van der Waals surface area contributed by atoms with Gasteiger partial charge in [-0.15, -0.1) is 0 Å². The maximum atomic E-state index is 12.1. The number of carbonyl (C=O) groups is 2. The Morgan fingerprint density at radius 1 is 0.711 bits per heavy atom. The molecule has 7 nitrogen and oxygen atoms in total. The first kappa shape index (κ1) is 31.8. The molecule has 0 aliphatic heterocycles. The number of rotatable bonds is 22. The van der Waals surface area contributed by atoms with Gasteiger partial charge in [0.05, 0.1) is 25.3 Å². The van der Waals surface area contributed by atoms with E-state index in [0.29, 0.717) is 49.8 Å². The number of unbranched alkanes of at least 4 members (excludes halogenated alkanes) is 2. The average Bonchev–Trinajstić information content (AvgIpc) is 2.93. The number of Topliss-reactive ketones (excluding diaryl/α,β-unsaturated/α-hetero) is 2. The van der Waals surface area contributed by atoms with Crippen molar-refractivity contribution in [2.75, 3.05) is 39.4 Å². The first-order chi connectivity index (χ1) is 18.5. The zero-order valence-electron chi connectivity index (χ0n) is 22.8. The van der Waals surface area contributed by atoms with Crippen LogP contribution in [-0.4, -0.2) is 73.4 Å². The molecule has 0 radical (unpaired) electrons. The molecule has 0 aliphatic rings. The maximum absolute atomic E-state index is 12.1. The molecule has 0 aliphatic carbocycles. The van der Waals surface area contributed by atoms with Crippen LogP contribution in [0, 0.1) is 5.92 Å². The van der Waals surface area contributed by atoms with E-state index in [2.05, 4.69) is 17.6 Å². The molecule has 0 heterocycles. The van der Waals surface area contributed by atoms with Crippen LogP contribution in [0.3, 0.4) is 0 Å². The van der Waals surface area contributed by atoms with Gasteiger partial charge in [-0.05, 0) is 31.6 Å². The minimum Gasteiger partial charge on any atom is -0.392 e. The highest BCUT2D eigenvalue weighted by molar-refractivity contribution is 5.98. The van der Waals surface area contributed by atoms with Crippen LogP contribution >= 0.6 is 0 Å². The van der Waals surface area contributed by atoms with Crippen LogP contribution in [0.4, 0.5) is 0 Å². The van der Waals surface area contributed by atoms with Crippen LogP contribution in [0.5, 0.6) is 0 Å². The molecular formula is C31H46N2O5. The summed E-state index contributed by atoms with van der Waals surface area (Å²) < 4.78 is 5.78. The third kappa shape index (κ3) is 14.5. The van der Waals surface area contributed by atoms with Crippen LogP contribution in [0.2, 0.25) is 0 Å². The van der Waals surface area contributed by atoms with Gasteiger partial charge in [0.15, 0.2) is 11.6 Å². The number of benzene rings is 2. The lowest BCUT2D eigenvalue weighted by molar-refractivity contribution is 0.0832. The van der Waals surface area contributed by atoms with Crippen molar-refractivity contribution in [2.24, 2.45) is 5.92 Å². The Bertz CT molecular complexity index is 820. The monoisotopic (exact) mass is 526 g/mol. The zero-order chi connectivity index (χ0) is 27.4. The van der Waals surface area contributed by atoms with E-state index >= 15 is 0 Å². The minimum absolute atomic E-state index is 0.0236.